The van der Waals surface area contributed by atoms with Gasteiger partial charge in [0.15, 0.2) is 23.2 Å². The van der Waals surface area contributed by atoms with Crippen molar-refractivity contribution in [3.63, 3.8) is 0 Å². The smallest absolute Gasteiger partial charge is 0.407 e. The Morgan fingerprint density at radius 1 is 0.642 bits per heavy atom. The van der Waals surface area contributed by atoms with Gasteiger partial charge in [0.1, 0.15) is 17.8 Å². The molecule has 4 aromatic carbocycles. The Hall–Kier alpha value is -8.30. The van der Waals surface area contributed by atoms with Crippen LogP contribution in [0.4, 0.5) is 41.1 Å². The molecule has 0 saturated carbocycles. The maximum atomic E-state index is 16.8. The summed E-state index contributed by atoms with van der Waals surface area (Å²) >= 11 is 0. The minimum Gasteiger partial charge on any atom is -0.453 e. The number of Topliss-reactive ketones (excluding diaryl/α,β-unsaturated/α-hetero) is 2. The number of nitro benzene ring substituents is 2. The molecule has 3 fully saturated rings. The molecule has 4 aliphatic heterocycles. The number of halogens is 2. The Morgan fingerprint density at radius 2 is 1.10 bits per heavy atom. The molecular formula is C59H68F2N8O12. The quantitative estimate of drug-likeness (QED) is 0.0657. The summed E-state index contributed by atoms with van der Waals surface area (Å²) < 4.78 is 43.0. The standard InChI is InChI=1S/C59H68F2N8O12/c1-34(2)53(62-58(74)80-5)56(72)65-24-10-14-47(65)51(70)30-40-18-16-38(28-49(40)68(76)77)45-20-21-46(67(45)42-32-43(60)55(44(61)33-42)64-26-22-37(23-27-64)36-12-8-7-9-13-36)39-17-19-41(50(29-39)69(78)79)31-52(71)48-15-11-25-66(48)57(73)54(35(3)4)63-59(75)81-6/h7-9,12-13,16-19,22,28-29,32-35,45-48,53-54H,10-11,14-15,20-21,23-27,30-31H2,1-6H3,(H,62,74)(H,63,75)/t45-,46-,47+,48+,53+,54+/m1/s1. The van der Waals surface area contributed by atoms with E-state index in [1.165, 1.54) is 60.4 Å². The molecular weight excluding hydrogens is 1050 g/mol. The van der Waals surface area contributed by atoms with E-state index in [2.05, 4.69) is 10.6 Å². The number of hydrogen-bond acceptors (Lipinski definition) is 14. The van der Waals surface area contributed by atoms with Crippen LogP contribution in [-0.2, 0) is 41.5 Å². The third-order valence-electron chi connectivity index (χ3n) is 16.1. The summed E-state index contributed by atoms with van der Waals surface area (Å²) in [5.74, 6) is -4.31. The van der Waals surface area contributed by atoms with Crippen molar-refractivity contribution in [1.29, 1.82) is 0 Å². The van der Waals surface area contributed by atoms with Crippen LogP contribution < -0.4 is 20.4 Å². The van der Waals surface area contributed by atoms with Crippen LogP contribution in [0.15, 0.2) is 84.9 Å². The number of hydrogen-bond donors (Lipinski definition) is 2. The number of amides is 4. The molecule has 4 aromatic rings. The molecule has 4 aliphatic rings. The van der Waals surface area contributed by atoms with E-state index in [9.17, 15) is 49.0 Å². The van der Waals surface area contributed by atoms with E-state index in [4.69, 9.17) is 9.47 Å². The van der Waals surface area contributed by atoms with Crippen molar-refractivity contribution >= 4 is 63.9 Å². The van der Waals surface area contributed by atoms with Crippen LogP contribution in [0.1, 0.15) is 113 Å². The summed E-state index contributed by atoms with van der Waals surface area (Å²) in [7, 11) is 2.34. The zero-order valence-electron chi connectivity index (χ0n) is 46.2. The topological polar surface area (TPSA) is 244 Å². The number of nitrogens with zero attached hydrogens (tertiary/aromatic N) is 6. The van der Waals surface area contributed by atoms with Crippen molar-refractivity contribution < 1.29 is 56.9 Å². The monoisotopic (exact) mass is 1120 g/mol. The fourth-order valence-electron chi connectivity index (χ4n) is 11.9. The molecule has 0 unspecified atom stereocenters. The van der Waals surface area contributed by atoms with Crippen molar-refractivity contribution in [2.24, 2.45) is 11.8 Å². The molecule has 22 heteroatoms. The molecule has 0 spiro atoms. The molecule has 0 radical (unpaired) electrons. The predicted octanol–water partition coefficient (Wildman–Crippen LogP) is 9.12. The lowest BCUT2D eigenvalue weighted by Gasteiger charge is -2.35. The van der Waals surface area contributed by atoms with Crippen LogP contribution in [0.25, 0.3) is 5.57 Å². The lowest BCUT2D eigenvalue weighted by Crippen LogP contribution is -2.53. The van der Waals surface area contributed by atoms with Crippen LogP contribution in [0.2, 0.25) is 0 Å². The maximum Gasteiger partial charge on any atom is 0.407 e. The zero-order chi connectivity index (χ0) is 58.4. The number of ether oxygens (including phenoxy) is 2. The molecule has 0 bridgehead atoms. The van der Waals surface area contributed by atoms with E-state index in [1.54, 1.807) is 49.6 Å². The first-order valence-corrected chi connectivity index (χ1v) is 27.4. The number of benzene rings is 4. The van der Waals surface area contributed by atoms with Crippen molar-refractivity contribution in [1.82, 2.24) is 20.4 Å². The molecule has 0 aliphatic carbocycles. The van der Waals surface area contributed by atoms with Crippen molar-refractivity contribution in [3.8, 4) is 0 Å². The van der Waals surface area contributed by atoms with Gasteiger partial charge in [0.25, 0.3) is 11.4 Å². The van der Waals surface area contributed by atoms with Gasteiger partial charge in [-0.15, -0.1) is 0 Å². The average molecular weight is 1120 g/mol. The first-order valence-electron chi connectivity index (χ1n) is 27.4. The van der Waals surface area contributed by atoms with Gasteiger partial charge < -0.3 is 39.7 Å². The van der Waals surface area contributed by atoms with E-state index >= 15 is 8.78 Å². The lowest BCUT2D eigenvalue weighted by atomic mass is 9.95. The van der Waals surface area contributed by atoms with E-state index in [-0.39, 0.29) is 66.8 Å². The number of rotatable bonds is 19. The minimum absolute atomic E-state index is 0.0577. The zero-order valence-corrected chi connectivity index (χ0v) is 46.2. The van der Waals surface area contributed by atoms with Crippen molar-refractivity contribution in [2.45, 2.75) is 122 Å². The molecule has 2 N–H and O–H groups in total. The average Bonchev–Trinajstić information content (AvgIpc) is 4.31. The summed E-state index contributed by atoms with van der Waals surface area (Å²) in [5, 5.41) is 31.0. The van der Waals surface area contributed by atoms with Crippen molar-refractivity contribution in [3.05, 3.63) is 145 Å². The number of alkyl carbamates (subject to hydrolysis) is 2. The SMILES string of the molecule is COC(=O)N[C@H](C(=O)N1CCC[C@H]1C(=O)Cc1ccc([C@H]2CC[C@H](c3ccc(CC(=O)[C@@H]4CCCN4C(=O)[C@@H](NC(=O)OC)C(C)C)c([N+](=O)[O-])c3)N2c2cc(F)c(N3CC=C(c4ccccc4)CC3)c(F)c2)cc1[N+](=O)[O-])C(C)C. The Bertz CT molecular complexity index is 2950. The third-order valence-corrected chi connectivity index (χ3v) is 16.1. The van der Waals surface area contributed by atoms with E-state index in [0.717, 1.165) is 11.1 Å². The van der Waals surface area contributed by atoms with E-state index in [1.807, 2.05) is 36.4 Å². The molecule has 430 valence electrons. The Kier molecular flexibility index (Phi) is 18.5. The van der Waals surface area contributed by atoms with Gasteiger partial charge in [-0.1, -0.05) is 88.4 Å². The highest BCUT2D eigenvalue weighted by atomic mass is 19.1. The summed E-state index contributed by atoms with van der Waals surface area (Å²) in [6.07, 6.45) is 2.10. The summed E-state index contributed by atoms with van der Waals surface area (Å²) in [6, 6.07) is 15.4. The van der Waals surface area contributed by atoms with Crippen LogP contribution >= 0.6 is 0 Å². The third kappa shape index (κ3) is 12.8. The number of ketones is 2. The normalized spacial score (nSPS) is 19.8. The predicted molar refractivity (Wildman–Crippen MR) is 296 cm³/mol. The molecule has 81 heavy (non-hydrogen) atoms. The van der Waals surface area contributed by atoms with Crippen molar-refractivity contribution in [2.75, 3.05) is 50.2 Å². The van der Waals surface area contributed by atoms with Gasteiger partial charge in [0, 0.05) is 68.0 Å². The molecule has 0 aromatic heterocycles. The van der Waals surface area contributed by atoms with Gasteiger partial charge in [-0.05, 0) is 91.2 Å². The number of carbonyl (C=O) groups is 6. The first-order chi connectivity index (χ1) is 38.7. The number of nitrogens with one attached hydrogen (secondary N) is 2. The van der Waals surface area contributed by atoms with Gasteiger partial charge in [0.2, 0.25) is 11.8 Å². The number of carbonyl (C=O) groups excluding carboxylic acids is 6. The second-order valence-electron chi connectivity index (χ2n) is 21.7. The maximum absolute atomic E-state index is 16.8. The number of nitro groups is 2. The Balaban J connectivity index is 1.11. The van der Waals surface area contributed by atoms with Crippen LogP contribution in [0, 0.1) is 43.7 Å². The molecule has 8 rings (SSSR count). The number of methoxy groups -OCH3 is 2. The van der Waals surface area contributed by atoms with Gasteiger partial charge in [-0.25, -0.2) is 18.4 Å². The highest BCUT2D eigenvalue weighted by molar-refractivity contribution is 5.95. The van der Waals surface area contributed by atoms with E-state index < -0.39 is 118 Å². The fraction of sp³-hybridized carbons (Fsp3) is 0.458. The minimum atomic E-state index is -0.992. The summed E-state index contributed by atoms with van der Waals surface area (Å²) in [6.45, 7) is 7.96. The molecule has 3 saturated heterocycles. The molecule has 20 nitrogen and oxygen atoms in total. The molecule has 4 heterocycles. The Labute approximate surface area is 468 Å². The summed E-state index contributed by atoms with van der Waals surface area (Å²) in [4.78, 5) is 111. The highest BCUT2D eigenvalue weighted by Gasteiger charge is 2.43. The largest absolute Gasteiger partial charge is 0.453 e. The fourth-order valence-corrected chi connectivity index (χ4v) is 11.9. The highest BCUT2D eigenvalue weighted by Crippen LogP contribution is 2.49. The van der Waals surface area contributed by atoms with Gasteiger partial charge in [-0.2, -0.15) is 0 Å². The van der Waals surface area contributed by atoms with Crippen LogP contribution in [0.5, 0.6) is 0 Å². The molecule has 6 atom stereocenters. The second-order valence-corrected chi connectivity index (χ2v) is 21.7. The lowest BCUT2D eigenvalue weighted by molar-refractivity contribution is -0.385. The van der Waals surface area contributed by atoms with E-state index in [0.29, 0.717) is 49.8 Å². The van der Waals surface area contributed by atoms with Gasteiger partial charge in [0.05, 0.1) is 48.2 Å². The molecule has 4 amide bonds. The first kappa shape index (κ1) is 58.8. The summed E-state index contributed by atoms with van der Waals surface area (Å²) in [5.41, 5.74) is 1.92. The van der Waals surface area contributed by atoms with Crippen LogP contribution in [0.3, 0.4) is 0 Å². The van der Waals surface area contributed by atoms with Gasteiger partial charge >= 0.3 is 12.2 Å². The van der Waals surface area contributed by atoms with Gasteiger partial charge in [-0.3, -0.25) is 39.4 Å². The Morgan fingerprint density at radius 3 is 1.49 bits per heavy atom. The number of likely N-dealkylation sites (tertiary alicyclic amines) is 2. The van der Waals surface area contributed by atoms with Crippen LogP contribution in [-0.4, -0.2) is 120 Å². The number of anilines is 2. The second kappa shape index (κ2) is 25.4.